The van der Waals surface area contributed by atoms with Crippen LogP contribution < -0.4 is 4.90 Å². The summed E-state index contributed by atoms with van der Waals surface area (Å²) < 4.78 is 3.98. The molecule has 0 amide bonds. The Hall–Kier alpha value is -1.93. The summed E-state index contributed by atoms with van der Waals surface area (Å²) in [5.41, 5.74) is 1.02. The molecule has 8 heteroatoms. The van der Waals surface area contributed by atoms with Gasteiger partial charge < -0.3 is 9.47 Å². The summed E-state index contributed by atoms with van der Waals surface area (Å²) in [6.45, 7) is 8.18. The quantitative estimate of drug-likeness (QED) is 0.729. The van der Waals surface area contributed by atoms with E-state index in [0.29, 0.717) is 6.04 Å². The van der Waals surface area contributed by atoms with Crippen LogP contribution in [0, 0.1) is 6.92 Å². The number of hydrogen-bond acceptors (Lipinski definition) is 6. The second-order valence-electron chi connectivity index (χ2n) is 6.21. The molecule has 3 aromatic rings. The first-order valence-electron chi connectivity index (χ1n) is 7.88. The minimum absolute atomic E-state index is 0.471. The maximum absolute atomic E-state index is 4.67. The second kappa shape index (κ2) is 5.61. The molecule has 0 saturated carbocycles. The number of rotatable bonds is 3. The van der Waals surface area contributed by atoms with Crippen LogP contribution in [-0.2, 0) is 13.6 Å². The monoisotopic (exact) mass is 331 g/mol. The van der Waals surface area contributed by atoms with Crippen molar-refractivity contribution in [1.29, 1.82) is 0 Å². The average molecular weight is 331 g/mol. The number of nitrogens with zero attached hydrogens (tertiary/aromatic N) is 7. The van der Waals surface area contributed by atoms with Crippen molar-refractivity contribution in [2.45, 2.75) is 26.4 Å². The molecule has 1 aliphatic rings. The van der Waals surface area contributed by atoms with Crippen LogP contribution >= 0.6 is 11.3 Å². The predicted molar refractivity (Wildman–Crippen MR) is 90.9 cm³/mol. The molecule has 1 fully saturated rings. The van der Waals surface area contributed by atoms with E-state index in [4.69, 9.17) is 0 Å². The minimum Gasteiger partial charge on any atom is -0.344 e. The first kappa shape index (κ1) is 14.6. The number of fused-ring (bicyclic) bond motifs is 1. The highest BCUT2D eigenvalue weighted by molar-refractivity contribution is 7.20. The number of aromatic nitrogens is 5. The fourth-order valence-electron chi connectivity index (χ4n) is 3.06. The van der Waals surface area contributed by atoms with Gasteiger partial charge in [-0.1, -0.05) is 11.3 Å². The van der Waals surface area contributed by atoms with Gasteiger partial charge in [-0.05, 0) is 13.8 Å². The van der Waals surface area contributed by atoms with Crippen molar-refractivity contribution in [3.8, 4) is 0 Å². The molecule has 0 unspecified atom stereocenters. The topological polar surface area (TPSA) is 54.5 Å². The predicted octanol–water partition coefficient (Wildman–Crippen LogP) is 1.54. The van der Waals surface area contributed by atoms with Crippen molar-refractivity contribution in [3.05, 3.63) is 30.1 Å². The van der Waals surface area contributed by atoms with Crippen molar-refractivity contribution < 1.29 is 0 Å². The normalized spacial score (nSPS) is 19.8. The van der Waals surface area contributed by atoms with Gasteiger partial charge in [0.15, 0.2) is 0 Å². The van der Waals surface area contributed by atoms with Gasteiger partial charge in [-0.15, -0.1) is 5.10 Å². The van der Waals surface area contributed by atoms with Crippen molar-refractivity contribution in [1.82, 2.24) is 29.0 Å². The number of imidazole rings is 2. The molecule has 0 N–H and O–H groups in total. The highest BCUT2D eigenvalue weighted by Gasteiger charge is 2.26. The second-order valence-corrected chi connectivity index (χ2v) is 7.15. The van der Waals surface area contributed by atoms with Gasteiger partial charge in [-0.3, -0.25) is 4.90 Å². The minimum atomic E-state index is 0.471. The van der Waals surface area contributed by atoms with Gasteiger partial charge >= 0.3 is 0 Å². The Bertz CT molecular complexity index is 785. The molecule has 0 bridgehead atoms. The highest BCUT2D eigenvalue weighted by atomic mass is 32.1. The molecule has 4 rings (SSSR count). The molecule has 3 aromatic heterocycles. The lowest BCUT2D eigenvalue weighted by Crippen LogP contribution is -2.51. The number of piperazine rings is 1. The largest absolute Gasteiger partial charge is 0.344 e. The molecule has 23 heavy (non-hydrogen) atoms. The standard InChI is InChI=1S/C15H21N7S/c1-11-8-22-14(17-11)23-15(18-22)21-7-6-20(12(2)9-21)10-13-16-4-5-19(13)3/h4-5,8,12H,6-7,9-10H2,1-3H3/t12-/m0/s1. The van der Waals surface area contributed by atoms with Crippen molar-refractivity contribution in [2.75, 3.05) is 24.5 Å². The summed E-state index contributed by atoms with van der Waals surface area (Å²) in [7, 11) is 2.05. The molecule has 1 aliphatic heterocycles. The van der Waals surface area contributed by atoms with E-state index in [9.17, 15) is 0 Å². The Morgan fingerprint density at radius 2 is 2.22 bits per heavy atom. The Labute approximate surface area is 139 Å². The van der Waals surface area contributed by atoms with Crippen LogP contribution in [0.15, 0.2) is 18.6 Å². The average Bonchev–Trinajstić information content (AvgIpc) is 3.16. The van der Waals surface area contributed by atoms with E-state index in [1.807, 2.05) is 30.0 Å². The van der Waals surface area contributed by atoms with Gasteiger partial charge in [0, 0.05) is 45.1 Å². The third-order valence-electron chi connectivity index (χ3n) is 4.45. The van der Waals surface area contributed by atoms with Crippen LogP contribution in [0.3, 0.4) is 0 Å². The fourth-order valence-corrected chi connectivity index (χ4v) is 4.02. The van der Waals surface area contributed by atoms with Gasteiger partial charge in [0.2, 0.25) is 10.1 Å². The van der Waals surface area contributed by atoms with Gasteiger partial charge in [-0.25, -0.2) is 14.5 Å². The van der Waals surface area contributed by atoms with E-state index in [2.05, 4.69) is 43.4 Å². The van der Waals surface area contributed by atoms with E-state index in [0.717, 1.165) is 47.8 Å². The van der Waals surface area contributed by atoms with Crippen LogP contribution in [0.4, 0.5) is 5.13 Å². The maximum Gasteiger partial charge on any atom is 0.214 e. The lowest BCUT2D eigenvalue weighted by atomic mass is 10.2. The first-order valence-corrected chi connectivity index (χ1v) is 8.70. The highest BCUT2D eigenvalue weighted by Crippen LogP contribution is 2.25. The lowest BCUT2D eigenvalue weighted by Gasteiger charge is -2.39. The van der Waals surface area contributed by atoms with Crippen LogP contribution in [0.2, 0.25) is 0 Å². The molecule has 122 valence electrons. The maximum atomic E-state index is 4.67. The van der Waals surface area contributed by atoms with Crippen LogP contribution in [0.1, 0.15) is 18.4 Å². The fraction of sp³-hybridized carbons (Fsp3) is 0.533. The Morgan fingerprint density at radius 3 is 2.91 bits per heavy atom. The Morgan fingerprint density at radius 1 is 1.35 bits per heavy atom. The van der Waals surface area contributed by atoms with E-state index >= 15 is 0 Å². The molecule has 1 atom stereocenters. The summed E-state index contributed by atoms with van der Waals surface area (Å²) in [4.78, 5) is 14.8. The van der Waals surface area contributed by atoms with Crippen LogP contribution in [0.25, 0.3) is 4.96 Å². The molecule has 0 radical (unpaired) electrons. The summed E-state index contributed by atoms with van der Waals surface area (Å²) in [5.74, 6) is 1.12. The Balaban J connectivity index is 1.46. The molecule has 7 nitrogen and oxygen atoms in total. The van der Waals surface area contributed by atoms with Crippen molar-refractivity contribution >= 4 is 21.4 Å². The smallest absolute Gasteiger partial charge is 0.214 e. The first-order chi connectivity index (χ1) is 11.1. The number of hydrogen-bond donors (Lipinski definition) is 0. The van der Waals surface area contributed by atoms with Crippen molar-refractivity contribution in [2.24, 2.45) is 7.05 Å². The number of anilines is 1. The van der Waals surface area contributed by atoms with Crippen LogP contribution in [0.5, 0.6) is 0 Å². The van der Waals surface area contributed by atoms with Gasteiger partial charge in [0.25, 0.3) is 0 Å². The van der Waals surface area contributed by atoms with Crippen LogP contribution in [-0.4, -0.2) is 54.7 Å². The molecule has 0 spiro atoms. The Kier molecular flexibility index (Phi) is 3.57. The molecule has 0 aliphatic carbocycles. The summed E-state index contributed by atoms with van der Waals surface area (Å²) in [5, 5.41) is 5.74. The zero-order chi connectivity index (χ0) is 16.0. The summed E-state index contributed by atoms with van der Waals surface area (Å²) in [6, 6.07) is 0.471. The van der Waals surface area contributed by atoms with E-state index in [-0.39, 0.29) is 0 Å². The van der Waals surface area contributed by atoms with E-state index in [1.54, 1.807) is 11.3 Å². The number of aryl methyl sites for hydroxylation is 2. The molecule has 0 aromatic carbocycles. The molecule has 4 heterocycles. The zero-order valence-corrected chi connectivity index (χ0v) is 14.5. The molecule has 1 saturated heterocycles. The third kappa shape index (κ3) is 2.72. The van der Waals surface area contributed by atoms with E-state index in [1.165, 1.54) is 0 Å². The lowest BCUT2D eigenvalue weighted by molar-refractivity contribution is 0.175. The zero-order valence-electron chi connectivity index (χ0n) is 13.7. The molecular weight excluding hydrogens is 310 g/mol. The SMILES string of the molecule is Cc1cn2nc(N3CCN(Cc4nccn4C)[C@@H](C)C3)sc2n1. The van der Waals surface area contributed by atoms with E-state index < -0.39 is 0 Å². The summed E-state index contributed by atoms with van der Waals surface area (Å²) in [6.07, 6.45) is 5.85. The third-order valence-corrected chi connectivity index (χ3v) is 5.44. The van der Waals surface area contributed by atoms with Gasteiger partial charge in [0.1, 0.15) is 5.82 Å². The van der Waals surface area contributed by atoms with Crippen molar-refractivity contribution in [3.63, 3.8) is 0 Å². The molecular formula is C15H21N7S. The summed E-state index contributed by atoms with van der Waals surface area (Å²) >= 11 is 1.67. The van der Waals surface area contributed by atoms with Gasteiger partial charge in [-0.2, -0.15) is 0 Å². The van der Waals surface area contributed by atoms with Gasteiger partial charge in [0.05, 0.1) is 18.4 Å².